The Morgan fingerprint density at radius 2 is 1.59 bits per heavy atom. The smallest absolute Gasteiger partial charge is 0.460 e. The molecule has 0 bridgehead atoms. The molecular formula is C28H16BrN3OPt. The molecule has 6 rings (SSSR count). The van der Waals surface area contributed by atoms with Gasteiger partial charge in [-0.2, -0.15) is 24.3 Å². The SMILES string of the molecule is Brc1ccnc(-n2c3[c-]c(-c4[c-]c(Oc5ccccn5)ccc4)ccc3c3ccccc32)c1.[Pt+2]. The Balaban J connectivity index is 0.00000241. The summed E-state index contributed by atoms with van der Waals surface area (Å²) in [4.78, 5) is 8.85. The van der Waals surface area contributed by atoms with Gasteiger partial charge in [-0.05, 0) is 35.2 Å². The summed E-state index contributed by atoms with van der Waals surface area (Å²) in [7, 11) is 0. The zero-order valence-electron chi connectivity index (χ0n) is 17.7. The van der Waals surface area contributed by atoms with Crippen LogP contribution in [0.3, 0.4) is 0 Å². The van der Waals surface area contributed by atoms with E-state index in [1.165, 1.54) is 0 Å². The van der Waals surface area contributed by atoms with Gasteiger partial charge in [0.05, 0.1) is 0 Å². The molecule has 6 aromatic rings. The van der Waals surface area contributed by atoms with Crippen LogP contribution in [0.2, 0.25) is 0 Å². The molecule has 0 fully saturated rings. The second kappa shape index (κ2) is 9.53. The van der Waals surface area contributed by atoms with Crippen LogP contribution < -0.4 is 4.74 Å². The van der Waals surface area contributed by atoms with Gasteiger partial charge in [-0.15, -0.1) is 18.2 Å². The standard InChI is InChI=1S/C28H16BrN3O.Pt/c29-21-13-15-30-27(18-21)32-25-9-2-1-8-23(25)24-12-11-20(17-26(24)32)19-6-5-7-22(16-19)33-28-10-3-4-14-31-28;/h1-15,18H;/q-2;+2. The van der Waals surface area contributed by atoms with Gasteiger partial charge in [-0.1, -0.05) is 45.6 Å². The number of hydrogen-bond donors (Lipinski definition) is 0. The van der Waals surface area contributed by atoms with Crippen molar-refractivity contribution >= 4 is 37.7 Å². The van der Waals surface area contributed by atoms with Crippen LogP contribution in [-0.2, 0) is 21.1 Å². The summed E-state index contributed by atoms with van der Waals surface area (Å²) in [6, 6.07) is 34.9. The van der Waals surface area contributed by atoms with Crippen molar-refractivity contribution in [3.63, 3.8) is 0 Å². The first-order valence-electron chi connectivity index (χ1n) is 10.5. The molecule has 166 valence electrons. The van der Waals surface area contributed by atoms with Gasteiger partial charge >= 0.3 is 21.1 Å². The Hall–Kier alpha value is -3.27. The summed E-state index contributed by atoms with van der Waals surface area (Å²) in [6.45, 7) is 0. The predicted molar refractivity (Wildman–Crippen MR) is 134 cm³/mol. The third-order valence-electron chi connectivity index (χ3n) is 5.43. The average Bonchev–Trinajstić information content (AvgIpc) is 3.18. The van der Waals surface area contributed by atoms with Crippen LogP contribution in [0.1, 0.15) is 0 Å². The van der Waals surface area contributed by atoms with Crippen LogP contribution in [0.5, 0.6) is 11.6 Å². The van der Waals surface area contributed by atoms with Crippen molar-refractivity contribution < 1.29 is 25.8 Å². The third kappa shape index (κ3) is 4.18. The van der Waals surface area contributed by atoms with E-state index in [9.17, 15) is 0 Å². The summed E-state index contributed by atoms with van der Waals surface area (Å²) in [5.74, 6) is 1.97. The van der Waals surface area contributed by atoms with E-state index in [2.05, 4.69) is 72.9 Å². The molecule has 0 aliphatic carbocycles. The molecule has 0 atom stereocenters. The monoisotopic (exact) mass is 684 g/mol. The van der Waals surface area contributed by atoms with E-state index in [4.69, 9.17) is 4.74 Å². The topological polar surface area (TPSA) is 39.9 Å². The van der Waals surface area contributed by atoms with Crippen molar-refractivity contribution in [2.24, 2.45) is 0 Å². The maximum Gasteiger partial charge on any atom is 2.00 e. The number of para-hydroxylation sites is 1. The van der Waals surface area contributed by atoms with E-state index in [-0.39, 0.29) is 21.1 Å². The number of nitrogens with zero attached hydrogens (tertiary/aromatic N) is 3. The molecule has 0 unspecified atom stereocenters. The van der Waals surface area contributed by atoms with Gasteiger partial charge in [0.15, 0.2) is 0 Å². The first-order valence-corrected chi connectivity index (χ1v) is 11.2. The Kier molecular flexibility index (Phi) is 6.31. The number of pyridine rings is 2. The van der Waals surface area contributed by atoms with Crippen molar-refractivity contribution in [3.05, 3.63) is 114 Å². The van der Waals surface area contributed by atoms with Crippen LogP contribution in [0, 0.1) is 12.1 Å². The van der Waals surface area contributed by atoms with Crippen molar-refractivity contribution in [2.45, 2.75) is 0 Å². The van der Waals surface area contributed by atoms with Crippen LogP contribution in [0.25, 0.3) is 38.8 Å². The Bertz CT molecular complexity index is 1620. The van der Waals surface area contributed by atoms with Gasteiger partial charge in [0.1, 0.15) is 5.82 Å². The van der Waals surface area contributed by atoms with Crippen LogP contribution in [0.4, 0.5) is 0 Å². The normalized spacial score (nSPS) is 10.9. The molecule has 0 radical (unpaired) electrons. The molecule has 3 aromatic heterocycles. The van der Waals surface area contributed by atoms with Gasteiger partial charge in [0.2, 0.25) is 5.88 Å². The Morgan fingerprint density at radius 3 is 2.44 bits per heavy atom. The van der Waals surface area contributed by atoms with Gasteiger partial charge in [-0.3, -0.25) is 0 Å². The van der Waals surface area contributed by atoms with Crippen LogP contribution in [-0.4, -0.2) is 14.5 Å². The van der Waals surface area contributed by atoms with Gasteiger partial charge in [0, 0.05) is 34.2 Å². The van der Waals surface area contributed by atoms with Crippen LogP contribution in [0.15, 0.2) is 102 Å². The molecule has 3 heterocycles. The van der Waals surface area contributed by atoms with E-state index in [1.54, 1.807) is 12.4 Å². The summed E-state index contributed by atoms with van der Waals surface area (Å²) >= 11 is 3.57. The maximum atomic E-state index is 5.88. The minimum Gasteiger partial charge on any atom is -0.460 e. The molecule has 0 saturated heterocycles. The first kappa shape index (κ1) is 22.5. The third-order valence-corrected chi connectivity index (χ3v) is 5.92. The zero-order valence-corrected chi connectivity index (χ0v) is 21.5. The maximum absolute atomic E-state index is 5.88. The molecule has 0 amide bonds. The summed E-state index contributed by atoms with van der Waals surface area (Å²) in [6.07, 6.45) is 3.51. The van der Waals surface area contributed by atoms with Gasteiger partial charge < -0.3 is 9.30 Å². The quantitative estimate of drug-likeness (QED) is 0.182. The van der Waals surface area contributed by atoms with Crippen molar-refractivity contribution in [3.8, 4) is 28.6 Å². The van der Waals surface area contributed by atoms with Gasteiger partial charge in [-0.25, -0.2) is 21.1 Å². The van der Waals surface area contributed by atoms with E-state index in [1.807, 2.05) is 54.6 Å². The minimum atomic E-state index is 0. The molecule has 34 heavy (non-hydrogen) atoms. The fraction of sp³-hybridized carbons (Fsp3) is 0. The largest absolute Gasteiger partial charge is 2.00 e. The number of halogens is 1. The molecule has 3 aromatic carbocycles. The van der Waals surface area contributed by atoms with Crippen molar-refractivity contribution in [2.75, 3.05) is 0 Å². The van der Waals surface area contributed by atoms with E-state index in [0.717, 1.165) is 43.2 Å². The molecule has 0 spiro atoms. The summed E-state index contributed by atoms with van der Waals surface area (Å²) in [5.41, 5.74) is 3.86. The molecule has 6 heteroatoms. The number of benzene rings is 3. The second-order valence-corrected chi connectivity index (χ2v) is 8.43. The number of hydrogen-bond acceptors (Lipinski definition) is 3. The minimum absolute atomic E-state index is 0. The number of fused-ring (bicyclic) bond motifs is 3. The molecular weight excluding hydrogens is 669 g/mol. The van der Waals surface area contributed by atoms with Crippen LogP contribution >= 0.6 is 15.9 Å². The van der Waals surface area contributed by atoms with E-state index in [0.29, 0.717) is 11.6 Å². The number of aromatic nitrogens is 3. The van der Waals surface area contributed by atoms with E-state index >= 15 is 0 Å². The Labute approximate surface area is 219 Å². The number of rotatable bonds is 4. The average molecular weight is 685 g/mol. The summed E-state index contributed by atoms with van der Waals surface area (Å²) in [5, 5.41) is 2.28. The fourth-order valence-corrected chi connectivity index (χ4v) is 4.31. The van der Waals surface area contributed by atoms with Gasteiger partial charge in [0.25, 0.3) is 0 Å². The number of ether oxygens (including phenoxy) is 1. The summed E-state index contributed by atoms with van der Waals surface area (Å²) < 4.78 is 9.00. The first-order chi connectivity index (χ1) is 16.3. The predicted octanol–water partition coefficient (Wildman–Crippen LogP) is 7.39. The van der Waals surface area contributed by atoms with Crippen molar-refractivity contribution in [1.82, 2.24) is 14.5 Å². The molecule has 4 nitrogen and oxygen atoms in total. The van der Waals surface area contributed by atoms with Crippen molar-refractivity contribution in [1.29, 1.82) is 0 Å². The second-order valence-electron chi connectivity index (χ2n) is 7.52. The molecule has 0 saturated carbocycles. The van der Waals surface area contributed by atoms with E-state index < -0.39 is 0 Å². The fourth-order valence-electron chi connectivity index (χ4n) is 3.99. The molecule has 0 aliphatic rings. The zero-order chi connectivity index (χ0) is 22.2. The Morgan fingerprint density at radius 1 is 0.735 bits per heavy atom. The molecule has 0 aliphatic heterocycles. The molecule has 0 N–H and O–H groups in total.